The highest BCUT2D eigenvalue weighted by atomic mass is 31.2. The summed E-state index contributed by atoms with van der Waals surface area (Å²) in [6, 6.07) is 0. The molecule has 0 aliphatic rings. The van der Waals surface area contributed by atoms with Crippen LogP contribution in [0.5, 0.6) is 0 Å². The van der Waals surface area contributed by atoms with Crippen molar-refractivity contribution in [1.29, 1.82) is 0 Å². The van der Waals surface area contributed by atoms with Crippen LogP contribution in [0.1, 0.15) is 297 Å². The Balaban J connectivity index is 5.41. The maximum Gasteiger partial charge on any atom is 0.472 e. The van der Waals surface area contributed by atoms with E-state index in [1.54, 1.807) is 0 Å². The average molecular weight is 1390 g/mol. The Kier molecular flexibility index (Phi) is 66.1. The highest BCUT2D eigenvalue weighted by molar-refractivity contribution is 7.47. The number of ether oxygens (including phenoxy) is 4. The summed E-state index contributed by atoms with van der Waals surface area (Å²) in [5, 5.41) is 10.6. The summed E-state index contributed by atoms with van der Waals surface area (Å²) in [4.78, 5) is 72.7. The van der Waals surface area contributed by atoms with Crippen molar-refractivity contribution < 1.29 is 80.2 Å². The van der Waals surface area contributed by atoms with E-state index in [1.165, 1.54) is 77.0 Å². The predicted octanol–water partition coefficient (Wildman–Crippen LogP) is 21.0. The van der Waals surface area contributed by atoms with Gasteiger partial charge in [0.25, 0.3) is 0 Å². The summed E-state index contributed by atoms with van der Waals surface area (Å²) in [5.41, 5.74) is 0. The number of aliphatic hydroxyl groups excluding tert-OH is 1. The lowest BCUT2D eigenvalue weighted by Crippen LogP contribution is -2.30. The third kappa shape index (κ3) is 68.3. The Morgan fingerprint density at radius 1 is 0.302 bits per heavy atom. The molecule has 0 spiro atoms. The summed E-state index contributed by atoms with van der Waals surface area (Å²) >= 11 is 0. The van der Waals surface area contributed by atoms with Gasteiger partial charge in [-0.2, -0.15) is 0 Å². The molecule has 17 nitrogen and oxygen atoms in total. The van der Waals surface area contributed by atoms with Crippen LogP contribution in [0.25, 0.3) is 0 Å². The molecule has 0 aliphatic heterocycles. The van der Waals surface area contributed by atoms with E-state index in [9.17, 15) is 43.2 Å². The number of carbonyl (C=O) groups is 4. The van der Waals surface area contributed by atoms with Gasteiger partial charge in [-0.05, 0) is 128 Å². The second-order valence-electron chi connectivity index (χ2n) is 24.5. The minimum atomic E-state index is -4.99. The lowest BCUT2D eigenvalue weighted by Gasteiger charge is -2.21. The van der Waals surface area contributed by atoms with Crippen molar-refractivity contribution in [2.45, 2.75) is 316 Å². The van der Waals surface area contributed by atoms with Crippen molar-refractivity contribution in [3.63, 3.8) is 0 Å². The lowest BCUT2D eigenvalue weighted by molar-refractivity contribution is -0.161. The molecule has 5 unspecified atom stereocenters. The zero-order chi connectivity index (χ0) is 70.4. The van der Waals surface area contributed by atoms with E-state index in [0.717, 1.165) is 135 Å². The number of hydrogen-bond donors (Lipinski definition) is 3. The van der Waals surface area contributed by atoms with Crippen molar-refractivity contribution in [2.24, 2.45) is 0 Å². The van der Waals surface area contributed by atoms with Crippen LogP contribution in [0.2, 0.25) is 0 Å². The minimum Gasteiger partial charge on any atom is -0.462 e. The Labute approximate surface area is 581 Å². The molecule has 0 amide bonds. The van der Waals surface area contributed by atoms with Gasteiger partial charge in [-0.25, -0.2) is 9.13 Å². The first-order valence-electron chi connectivity index (χ1n) is 37.1. The van der Waals surface area contributed by atoms with Crippen LogP contribution < -0.4 is 0 Å². The quantitative estimate of drug-likeness (QED) is 0.0169. The van der Waals surface area contributed by atoms with Gasteiger partial charge in [0.2, 0.25) is 0 Å². The monoisotopic (exact) mass is 1390 g/mol. The van der Waals surface area contributed by atoms with E-state index >= 15 is 0 Å². The number of hydrogen-bond acceptors (Lipinski definition) is 15. The second kappa shape index (κ2) is 69.2. The standard InChI is InChI=1S/C77H132O17P2/c1-5-9-13-17-21-25-29-33-35-39-42-46-50-54-58-62-75(80)88-68-73(94-77(82)64-60-56-52-48-44-40-36-34-30-26-22-18-14-10-6-2)70-92-96(85,86)90-66-71(78)65-89-95(83,84)91-69-72(93-76(81)63-59-55-51-47-43-38-32-28-24-20-16-12-8-4)67-87-74(79)61-57-53-49-45-41-37-31-27-23-19-15-11-7-3/h9-10,13-14,21-22,25-27,31,33-36,42,44,46,48,71-73,78H,5-8,11-12,15-20,23-24,28-30,32,37-41,43,45,47,49-70H2,1-4H3,(H,83,84)(H,85,86)/b13-9-,14-10-,25-21-,26-22-,31-27-,35-33-,36-34-,46-42-,48-44-. The smallest absolute Gasteiger partial charge is 0.462 e. The number of phosphoric ester groups is 2. The van der Waals surface area contributed by atoms with E-state index < -0.39 is 97.5 Å². The van der Waals surface area contributed by atoms with Gasteiger partial charge >= 0.3 is 39.5 Å². The van der Waals surface area contributed by atoms with Gasteiger partial charge in [0.1, 0.15) is 19.3 Å². The van der Waals surface area contributed by atoms with Crippen molar-refractivity contribution in [3.8, 4) is 0 Å². The predicted molar refractivity (Wildman–Crippen MR) is 390 cm³/mol. The SMILES string of the molecule is CC/C=C\C/C=C\C/C=C\C/C=C\CCCCC(=O)OCC(COP(=O)(O)OCC(O)COP(=O)(O)OCC(COC(=O)CCCCCCC/C=C\CCCCCC)OC(=O)CCCCCCCCCCCCCCC)OC(=O)CCCC/C=C\C/C=C\C/C=C\C/C=C\CC. The summed E-state index contributed by atoms with van der Waals surface area (Å²) in [6.07, 6.45) is 72.4. The minimum absolute atomic E-state index is 0.0319. The molecule has 0 saturated carbocycles. The molecule has 0 aromatic rings. The fourth-order valence-electron chi connectivity index (χ4n) is 9.61. The second-order valence-corrected chi connectivity index (χ2v) is 27.4. The number of allylic oxidation sites excluding steroid dienone is 18. The van der Waals surface area contributed by atoms with Crippen molar-refractivity contribution in [3.05, 3.63) is 109 Å². The first-order valence-corrected chi connectivity index (χ1v) is 40.1. The van der Waals surface area contributed by atoms with Crippen LogP contribution in [0.3, 0.4) is 0 Å². The third-order valence-corrected chi connectivity index (χ3v) is 17.1. The first kappa shape index (κ1) is 91.7. The van der Waals surface area contributed by atoms with Crippen LogP contribution >= 0.6 is 15.6 Å². The van der Waals surface area contributed by atoms with Gasteiger partial charge in [0.05, 0.1) is 26.4 Å². The molecule has 5 atom stereocenters. The normalized spacial score (nSPS) is 14.6. The maximum absolute atomic E-state index is 13.1. The molecular weight excluding hydrogens is 1260 g/mol. The van der Waals surface area contributed by atoms with Crippen LogP contribution in [0.4, 0.5) is 0 Å². The van der Waals surface area contributed by atoms with Gasteiger partial charge in [-0.1, -0.05) is 253 Å². The highest BCUT2D eigenvalue weighted by Gasteiger charge is 2.30. The van der Waals surface area contributed by atoms with Gasteiger partial charge in [0.15, 0.2) is 12.2 Å². The zero-order valence-electron chi connectivity index (χ0n) is 60.0. The molecule has 96 heavy (non-hydrogen) atoms. The average Bonchev–Trinajstić information content (AvgIpc) is 1.36. The van der Waals surface area contributed by atoms with Crippen LogP contribution in [-0.4, -0.2) is 96.7 Å². The van der Waals surface area contributed by atoms with Crippen LogP contribution in [0.15, 0.2) is 109 Å². The molecule has 0 fully saturated rings. The van der Waals surface area contributed by atoms with E-state index in [4.69, 9.17) is 37.0 Å². The molecule has 0 aromatic carbocycles. The first-order chi connectivity index (χ1) is 46.7. The number of unbranched alkanes of at least 4 members (excludes halogenated alkanes) is 25. The van der Waals surface area contributed by atoms with Gasteiger partial charge < -0.3 is 33.8 Å². The van der Waals surface area contributed by atoms with Gasteiger partial charge in [-0.15, -0.1) is 0 Å². The Morgan fingerprint density at radius 3 is 0.875 bits per heavy atom. The molecule has 0 rings (SSSR count). The van der Waals surface area contributed by atoms with E-state index in [0.29, 0.717) is 32.1 Å². The number of phosphoric acid groups is 2. The lowest BCUT2D eigenvalue weighted by atomic mass is 10.0. The molecule has 0 aliphatic carbocycles. The van der Waals surface area contributed by atoms with E-state index in [-0.39, 0.29) is 25.7 Å². The number of aliphatic hydroxyl groups is 1. The Morgan fingerprint density at radius 2 is 0.542 bits per heavy atom. The topological polar surface area (TPSA) is 237 Å². The van der Waals surface area contributed by atoms with Crippen molar-refractivity contribution >= 4 is 39.5 Å². The molecule has 0 bridgehead atoms. The van der Waals surface area contributed by atoms with Crippen LogP contribution in [0, 0.1) is 0 Å². The molecule has 0 heterocycles. The fraction of sp³-hybridized carbons (Fsp3) is 0.714. The summed E-state index contributed by atoms with van der Waals surface area (Å²) in [7, 11) is -9.97. The molecular formula is C77H132O17P2. The van der Waals surface area contributed by atoms with Crippen molar-refractivity contribution in [1.82, 2.24) is 0 Å². The summed E-state index contributed by atoms with van der Waals surface area (Å²) in [6.45, 7) is 4.52. The highest BCUT2D eigenvalue weighted by Crippen LogP contribution is 2.45. The van der Waals surface area contributed by atoms with E-state index in [1.807, 2.05) is 0 Å². The molecule has 19 heteroatoms. The molecule has 3 N–H and O–H groups in total. The van der Waals surface area contributed by atoms with Crippen LogP contribution in [-0.2, 0) is 65.4 Å². The number of rotatable bonds is 69. The third-order valence-electron chi connectivity index (χ3n) is 15.2. The van der Waals surface area contributed by atoms with Gasteiger partial charge in [-0.3, -0.25) is 37.3 Å². The molecule has 552 valence electrons. The largest absolute Gasteiger partial charge is 0.472 e. The fourth-order valence-corrected chi connectivity index (χ4v) is 11.2. The van der Waals surface area contributed by atoms with Gasteiger partial charge in [0, 0.05) is 25.7 Å². The Hall–Kier alpha value is -4.28. The summed E-state index contributed by atoms with van der Waals surface area (Å²) < 4.78 is 68.3. The Bertz CT molecular complexity index is 2250. The number of carbonyl (C=O) groups excluding carboxylic acids is 4. The molecule has 0 radical (unpaired) electrons. The number of esters is 4. The maximum atomic E-state index is 13.1. The van der Waals surface area contributed by atoms with Crippen molar-refractivity contribution in [2.75, 3.05) is 39.6 Å². The van der Waals surface area contributed by atoms with E-state index in [2.05, 4.69) is 137 Å². The summed E-state index contributed by atoms with van der Waals surface area (Å²) in [5.74, 6) is -2.27. The molecule has 0 aromatic heterocycles. The zero-order valence-corrected chi connectivity index (χ0v) is 61.8. The molecule has 0 saturated heterocycles.